The lowest BCUT2D eigenvalue weighted by molar-refractivity contribution is 0.124. The Morgan fingerprint density at radius 2 is 2.40 bits per heavy atom. The number of rotatable bonds is 1. The number of aliphatic hydroxyl groups excluding tert-OH is 1. The SMILES string of the molecule is CC(O)C1CC[C@](C)(F)C2=CCCN=C21. The average Bonchev–Trinajstić information content (AvgIpc) is 2.17. The number of fused-ring (bicyclic) bond motifs is 1. The normalized spacial score (nSPS) is 37.7. The van der Waals surface area contributed by atoms with Gasteiger partial charge < -0.3 is 5.11 Å². The number of dihydropyridines is 1. The molecule has 1 aliphatic carbocycles. The highest BCUT2D eigenvalue weighted by atomic mass is 19.1. The summed E-state index contributed by atoms with van der Waals surface area (Å²) in [6.07, 6.45) is 3.54. The smallest absolute Gasteiger partial charge is 0.134 e. The first-order valence-electron chi connectivity index (χ1n) is 5.65. The van der Waals surface area contributed by atoms with Crippen LogP contribution in [0, 0.1) is 5.92 Å². The minimum atomic E-state index is -1.25. The minimum absolute atomic E-state index is 0.0281. The molecular formula is C12H18FNO. The summed E-state index contributed by atoms with van der Waals surface area (Å²) in [5, 5.41) is 9.66. The molecule has 15 heavy (non-hydrogen) atoms. The lowest BCUT2D eigenvalue weighted by Crippen LogP contribution is -2.42. The van der Waals surface area contributed by atoms with Crippen LogP contribution in [-0.4, -0.2) is 29.1 Å². The summed E-state index contributed by atoms with van der Waals surface area (Å²) in [5.74, 6) is 0.0281. The average molecular weight is 211 g/mol. The van der Waals surface area contributed by atoms with E-state index >= 15 is 0 Å². The third-order valence-corrected chi connectivity index (χ3v) is 3.46. The second-order valence-corrected chi connectivity index (χ2v) is 4.76. The Bertz CT molecular complexity index is 318. The Morgan fingerprint density at radius 3 is 3.07 bits per heavy atom. The van der Waals surface area contributed by atoms with Gasteiger partial charge in [0.25, 0.3) is 0 Å². The Hall–Kier alpha value is -0.700. The molecule has 1 fully saturated rings. The van der Waals surface area contributed by atoms with Gasteiger partial charge in [0.05, 0.1) is 6.10 Å². The molecule has 0 bridgehead atoms. The Kier molecular flexibility index (Phi) is 2.67. The number of hydrogen-bond donors (Lipinski definition) is 1. The molecule has 2 aliphatic rings. The van der Waals surface area contributed by atoms with E-state index in [0.717, 1.165) is 24.3 Å². The van der Waals surface area contributed by atoms with E-state index in [0.29, 0.717) is 12.8 Å². The Balaban J connectivity index is 2.33. The first kappa shape index (κ1) is 10.8. The summed E-state index contributed by atoms with van der Waals surface area (Å²) >= 11 is 0. The van der Waals surface area contributed by atoms with E-state index in [1.165, 1.54) is 0 Å². The molecule has 0 spiro atoms. The summed E-state index contributed by atoms with van der Waals surface area (Å²) in [4.78, 5) is 4.40. The summed E-state index contributed by atoms with van der Waals surface area (Å²) in [6.45, 7) is 4.12. The molecule has 2 nitrogen and oxygen atoms in total. The van der Waals surface area contributed by atoms with Gasteiger partial charge in [0.15, 0.2) is 0 Å². The molecule has 0 aromatic carbocycles. The van der Waals surface area contributed by atoms with Gasteiger partial charge in [0.1, 0.15) is 5.67 Å². The number of allylic oxidation sites excluding steroid dienone is 1. The highest BCUT2D eigenvalue weighted by Crippen LogP contribution is 2.40. The number of halogens is 1. The van der Waals surface area contributed by atoms with E-state index < -0.39 is 11.8 Å². The molecule has 2 rings (SSSR count). The van der Waals surface area contributed by atoms with Crippen LogP contribution in [0.4, 0.5) is 4.39 Å². The number of aliphatic hydroxyl groups is 1. The topological polar surface area (TPSA) is 32.6 Å². The van der Waals surface area contributed by atoms with Crippen molar-refractivity contribution in [2.75, 3.05) is 6.54 Å². The number of nitrogens with zero attached hydrogens (tertiary/aromatic N) is 1. The lowest BCUT2D eigenvalue weighted by Gasteiger charge is -2.38. The summed E-state index contributed by atoms with van der Waals surface area (Å²) in [5.41, 5.74) is 0.295. The summed E-state index contributed by atoms with van der Waals surface area (Å²) in [7, 11) is 0. The fourth-order valence-electron chi connectivity index (χ4n) is 2.55. The van der Waals surface area contributed by atoms with Crippen LogP contribution >= 0.6 is 0 Å². The summed E-state index contributed by atoms with van der Waals surface area (Å²) in [6, 6.07) is 0. The van der Waals surface area contributed by atoms with Crippen LogP contribution in [0.25, 0.3) is 0 Å². The van der Waals surface area contributed by atoms with Gasteiger partial charge in [-0.25, -0.2) is 4.39 Å². The minimum Gasteiger partial charge on any atom is -0.393 e. The zero-order valence-corrected chi connectivity index (χ0v) is 9.33. The molecule has 2 unspecified atom stereocenters. The van der Waals surface area contributed by atoms with Crippen LogP contribution in [-0.2, 0) is 0 Å². The molecule has 3 atom stereocenters. The van der Waals surface area contributed by atoms with Crippen molar-refractivity contribution in [2.45, 2.75) is 44.9 Å². The maximum absolute atomic E-state index is 14.2. The van der Waals surface area contributed by atoms with E-state index in [1.807, 2.05) is 6.08 Å². The molecule has 0 saturated heterocycles. The Morgan fingerprint density at radius 1 is 1.67 bits per heavy atom. The molecule has 0 amide bonds. The van der Waals surface area contributed by atoms with E-state index in [2.05, 4.69) is 4.99 Å². The van der Waals surface area contributed by atoms with Crippen LogP contribution in [0.3, 0.4) is 0 Å². The zero-order valence-electron chi connectivity index (χ0n) is 9.33. The summed E-state index contributed by atoms with van der Waals surface area (Å²) < 4.78 is 14.2. The second kappa shape index (κ2) is 3.71. The maximum atomic E-state index is 14.2. The highest BCUT2D eigenvalue weighted by molar-refractivity contribution is 6.05. The van der Waals surface area contributed by atoms with Crippen molar-refractivity contribution in [1.29, 1.82) is 0 Å². The van der Waals surface area contributed by atoms with Crippen LogP contribution in [0.5, 0.6) is 0 Å². The molecule has 0 aromatic rings. The van der Waals surface area contributed by atoms with Crippen LogP contribution in [0.2, 0.25) is 0 Å². The Labute approximate surface area is 89.9 Å². The van der Waals surface area contributed by atoms with Crippen molar-refractivity contribution in [3.05, 3.63) is 11.6 Å². The van der Waals surface area contributed by atoms with Crippen molar-refractivity contribution in [3.63, 3.8) is 0 Å². The van der Waals surface area contributed by atoms with E-state index in [-0.39, 0.29) is 5.92 Å². The molecule has 0 aromatic heterocycles. The van der Waals surface area contributed by atoms with Crippen molar-refractivity contribution in [2.24, 2.45) is 10.9 Å². The predicted molar refractivity (Wildman–Crippen MR) is 58.9 cm³/mol. The van der Waals surface area contributed by atoms with Gasteiger partial charge in [0, 0.05) is 23.7 Å². The van der Waals surface area contributed by atoms with E-state index in [1.54, 1.807) is 13.8 Å². The molecule has 0 radical (unpaired) electrons. The fraction of sp³-hybridized carbons (Fsp3) is 0.750. The van der Waals surface area contributed by atoms with Crippen molar-refractivity contribution < 1.29 is 9.50 Å². The lowest BCUT2D eigenvalue weighted by atomic mass is 9.72. The third-order valence-electron chi connectivity index (χ3n) is 3.46. The van der Waals surface area contributed by atoms with Gasteiger partial charge in [-0.05, 0) is 33.1 Å². The second-order valence-electron chi connectivity index (χ2n) is 4.76. The molecular weight excluding hydrogens is 193 g/mol. The maximum Gasteiger partial charge on any atom is 0.134 e. The molecule has 1 heterocycles. The predicted octanol–water partition coefficient (Wildman–Crippen LogP) is 2.28. The van der Waals surface area contributed by atoms with Crippen LogP contribution in [0.15, 0.2) is 16.6 Å². The monoisotopic (exact) mass is 211 g/mol. The van der Waals surface area contributed by atoms with Gasteiger partial charge in [-0.2, -0.15) is 0 Å². The number of alkyl halides is 1. The molecule has 1 N–H and O–H groups in total. The highest BCUT2D eigenvalue weighted by Gasteiger charge is 2.41. The molecule has 3 heteroatoms. The van der Waals surface area contributed by atoms with Gasteiger partial charge in [-0.15, -0.1) is 0 Å². The largest absolute Gasteiger partial charge is 0.393 e. The quantitative estimate of drug-likeness (QED) is 0.709. The standard InChI is InChI=1S/C12H18FNO/c1-8(15)9-5-6-12(2,13)10-4-3-7-14-11(9)10/h4,8-9,15H,3,5-7H2,1-2H3/t8?,9?,12-/m0/s1. The first-order chi connectivity index (χ1) is 7.02. The third kappa shape index (κ3) is 1.85. The van der Waals surface area contributed by atoms with E-state index in [4.69, 9.17) is 0 Å². The molecule has 1 saturated carbocycles. The molecule has 84 valence electrons. The van der Waals surface area contributed by atoms with Crippen molar-refractivity contribution in [3.8, 4) is 0 Å². The molecule has 1 aliphatic heterocycles. The van der Waals surface area contributed by atoms with Gasteiger partial charge in [-0.3, -0.25) is 4.99 Å². The van der Waals surface area contributed by atoms with Gasteiger partial charge in [0.2, 0.25) is 0 Å². The zero-order chi connectivity index (χ0) is 11.1. The fourth-order valence-corrected chi connectivity index (χ4v) is 2.55. The number of hydrogen-bond acceptors (Lipinski definition) is 2. The first-order valence-corrected chi connectivity index (χ1v) is 5.65. The van der Waals surface area contributed by atoms with Crippen molar-refractivity contribution in [1.82, 2.24) is 0 Å². The van der Waals surface area contributed by atoms with Gasteiger partial charge >= 0.3 is 0 Å². The van der Waals surface area contributed by atoms with Crippen LogP contribution in [0.1, 0.15) is 33.1 Å². The van der Waals surface area contributed by atoms with Gasteiger partial charge in [-0.1, -0.05) is 6.08 Å². The van der Waals surface area contributed by atoms with Crippen molar-refractivity contribution >= 4 is 5.71 Å². The van der Waals surface area contributed by atoms with Crippen LogP contribution < -0.4 is 0 Å². The van der Waals surface area contributed by atoms with E-state index in [9.17, 15) is 9.50 Å². The number of aliphatic imine (C=N–C) groups is 1.